The minimum Gasteiger partial charge on any atom is -0.471 e. The van der Waals surface area contributed by atoms with E-state index in [1.807, 2.05) is 0 Å². The minimum absolute atomic E-state index is 0. The first-order valence-corrected chi connectivity index (χ1v) is 7.56. The van der Waals surface area contributed by atoms with Crippen molar-refractivity contribution in [2.24, 2.45) is 10.7 Å². The first-order chi connectivity index (χ1) is 10.7. The maximum absolute atomic E-state index is 12.2. The number of aromatic nitrogens is 1. The van der Waals surface area contributed by atoms with Gasteiger partial charge >= 0.3 is 0 Å². The third-order valence-corrected chi connectivity index (χ3v) is 3.54. The van der Waals surface area contributed by atoms with Crippen molar-refractivity contribution in [2.75, 3.05) is 19.7 Å². The second-order valence-electron chi connectivity index (χ2n) is 5.25. The predicted octanol–water partition coefficient (Wildman–Crippen LogP) is 3.03. The largest absolute Gasteiger partial charge is 0.471 e. The third-order valence-electron chi connectivity index (χ3n) is 3.54. The standard InChI is InChI=1S/C15H22F2N4O.HI/c16-13(17)11-22-14-12(6-5-7-19-14)10-20-15(18)21-8-3-1-2-4-9-21;/h5-7,13H,1-4,8-11H2,(H2,18,20);1H. The van der Waals surface area contributed by atoms with Crippen molar-refractivity contribution in [1.29, 1.82) is 0 Å². The number of halogens is 3. The highest BCUT2D eigenvalue weighted by Gasteiger charge is 2.12. The lowest BCUT2D eigenvalue weighted by Gasteiger charge is -2.21. The fourth-order valence-corrected chi connectivity index (χ4v) is 2.38. The zero-order chi connectivity index (χ0) is 15.8. The molecule has 23 heavy (non-hydrogen) atoms. The number of hydrogen-bond acceptors (Lipinski definition) is 3. The van der Waals surface area contributed by atoms with E-state index in [-0.39, 0.29) is 36.4 Å². The highest BCUT2D eigenvalue weighted by atomic mass is 127. The summed E-state index contributed by atoms with van der Waals surface area (Å²) in [6.45, 7) is 1.43. The summed E-state index contributed by atoms with van der Waals surface area (Å²) in [5.41, 5.74) is 6.69. The van der Waals surface area contributed by atoms with Crippen LogP contribution in [0.25, 0.3) is 0 Å². The highest BCUT2D eigenvalue weighted by molar-refractivity contribution is 14.0. The highest BCUT2D eigenvalue weighted by Crippen LogP contribution is 2.16. The van der Waals surface area contributed by atoms with Gasteiger partial charge in [-0.1, -0.05) is 18.9 Å². The van der Waals surface area contributed by atoms with Gasteiger partial charge in [0.25, 0.3) is 6.43 Å². The van der Waals surface area contributed by atoms with Gasteiger partial charge in [0.05, 0.1) is 6.54 Å². The van der Waals surface area contributed by atoms with E-state index in [0.29, 0.717) is 11.5 Å². The number of aliphatic imine (C=N–C) groups is 1. The Morgan fingerprint density at radius 1 is 1.30 bits per heavy atom. The Kier molecular flexibility index (Phi) is 9.12. The van der Waals surface area contributed by atoms with E-state index in [0.717, 1.165) is 25.9 Å². The molecule has 1 aromatic heterocycles. The number of alkyl halides is 2. The van der Waals surface area contributed by atoms with Gasteiger partial charge < -0.3 is 15.4 Å². The normalized spacial score (nSPS) is 16.0. The molecule has 0 spiro atoms. The summed E-state index contributed by atoms with van der Waals surface area (Å²) >= 11 is 0. The molecule has 8 heteroatoms. The van der Waals surface area contributed by atoms with Crippen LogP contribution in [0.1, 0.15) is 31.2 Å². The van der Waals surface area contributed by atoms with Gasteiger partial charge in [0, 0.05) is 24.8 Å². The van der Waals surface area contributed by atoms with E-state index in [9.17, 15) is 8.78 Å². The van der Waals surface area contributed by atoms with Crippen LogP contribution < -0.4 is 10.5 Å². The summed E-state index contributed by atoms with van der Waals surface area (Å²) < 4.78 is 29.5. The SMILES string of the molecule is I.NC(=NCc1cccnc1OCC(F)F)N1CCCCCC1. The lowest BCUT2D eigenvalue weighted by molar-refractivity contribution is 0.0791. The van der Waals surface area contributed by atoms with E-state index in [1.54, 1.807) is 12.1 Å². The first kappa shape index (κ1) is 19.9. The molecule has 0 aromatic carbocycles. The molecule has 2 heterocycles. The summed E-state index contributed by atoms with van der Waals surface area (Å²) in [7, 11) is 0. The Morgan fingerprint density at radius 3 is 2.65 bits per heavy atom. The molecule has 0 radical (unpaired) electrons. The minimum atomic E-state index is -2.53. The average molecular weight is 440 g/mol. The molecule has 0 amide bonds. The number of hydrogen-bond donors (Lipinski definition) is 1. The number of guanidine groups is 1. The molecule has 0 atom stereocenters. The topological polar surface area (TPSA) is 63.7 Å². The van der Waals surface area contributed by atoms with Crippen molar-refractivity contribution in [3.05, 3.63) is 23.9 Å². The fourth-order valence-electron chi connectivity index (χ4n) is 2.38. The van der Waals surface area contributed by atoms with Crippen LogP contribution in [0.15, 0.2) is 23.3 Å². The van der Waals surface area contributed by atoms with Crippen LogP contribution in [0.2, 0.25) is 0 Å². The lowest BCUT2D eigenvalue weighted by Crippen LogP contribution is -2.38. The lowest BCUT2D eigenvalue weighted by atomic mass is 10.2. The van der Waals surface area contributed by atoms with E-state index < -0.39 is 13.0 Å². The van der Waals surface area contributed by atoms with Crippen LogP contribution in [0.5, 0.6) is 5.88 Å². The van der Waals surface area contributed by atoms with Crippen LogP contribution in [0, 0.1) is 0 Å². The van der Waals surface area contributed by atoms with Gasteiger partial charge in [-0.25, -0.2) is 18.8 Å². The van der Waals surface area contributed by atoms with Crippen molar-refractivity contribution in [2.45, 2.75) is 38.7 Å². The van der Waals surface area contributed by atoms with E-state index >= 15 is 0 Å². The van der Waals surface area contributed by atoms with Crippen LogP contribution in [0.3, 0.4) is 0 Å². The Bertz CT molecular complexity index is 494. The predicted molar refractivity (Wildman–Crippen MR) is 96.5 cm³/mol. The van der Waals surface area contributed by atoms with Crippen molar-refractivity contribution in [3.8, 4) is 5.88 Å². The molecule has 1 saturated heterocycles. The summed E-state index contributed by atoms with van der Waals surface area (Å²) in [6, 6.07) is 3.48. The summed E-state index contributed by atoms with van der Waals surface area (Å²) in [6.07, 6.45) is 3.65. The molecule has 2 N–H and O–H groups in total. The van der Waals surface area contributed by atoms with Crippen molar-refractivity contribution in [1.82, 2.24) is 9.88 Å². The zero-order valence-electron chi connectivity index (χ0n) is 13.0. The van der Waals surface area contributed by atoms with Crippen LogP contribution in [0.4, 0.5) is 8.78 Å². The summed E-state index contributed by atoms with van der Waals surface area (Å²) in [4.78, 5) is 10.4. The van der Waals surface area contributed by atoms with Gasteiger partial charge in [-0.2, -0.15) is 0 Å². The molecule has 130 valence electrons. The number of ether oxygens (including phenoxy) is 1. The molecule has 5 nitrogen and oxygen atoms in total. The molecule has 1 fully saturated rings. The van der Waals surface area contributed by atoms with E-state index in [2.05, 4.69) is 14.9 Å². The van der Waals surface area contributed by atoms with Crippen LogP contribution in [-0.2, 0) is 6.54 Å². The Morgan fingerprint density at radius 2 is 2.00 bits per heavy atom. The van der Waals surface area contributed by atoms with Crippen LogP contribution in [-0.4, -0.2) is 42.0 Å². The molecule has 0 unspecified atom stereocenters. The average Bonchev–Trinajstić information content (AvgIpc) is 2.80. The molecule has 1 aliphatic heterocycles. The van der Waals surface area contributed by atoms with Crippen molar-refractivity contribution >= 4 is 29.9 Å². The van der Waals surface area contributed by atoms with Gasteiger partial charge in [-0.15, -0.1) is 24.0 Å². The van der Waals surface area contributed by atoms with E-state index in [1.165, 1.54) is 19.0 Å². The number of nitrogens with two attached hydrogens (primary N) is 1. The molecular weight excluding hydrogens is 417 g/mol. The monoisotopic (exact) mass is 440 g/mol. The smallest absolute Gasteiger partial charge is 0.272 e. The van der Waals surface area contributed by atoms with Gasteiger partial charge in [0.15, 0.2) is 12.6 Å². The quantitative estimate of drug-likeness (QED) is 0.435. The second kappa shape index (κ2) is 10.6. The molecule has 1 aromatic rings. The summed E-state index contributed by atoms with van der Waals surface area (Å²) in [5.74, 6) is 0.681. The Balaban J connectivity index is 0.00000264. The van der Waals surface area contributed by atoms with Gasteiger partial charge in [-0.3, -0.25) is 0 Å². The maximum atomic E-state index is 12.2. The van der Waals surface area contributed by atoms with Crippen molar-refractivity contribution < 1.29 is 13.5 Å². The fraction of sp³-hybridized carbons (Fsp3) is 0.600. The second-order valence-corrected chi connectivity index (χ2v) is 5.25. The Labute approximate surface area is 152 Å². The first-order valence-electron chi connectivity index (χ1n) is 7.56. The van der Waals surface area contributed by atoms with Crippen LogP contribution >= 0.6 is 24.0 Å². The maximum Gasteiger partial charge on any atom is 0.272 e. The number of rotatable bonds is 5. The molecule has 2 rings (SSSR count). The molecule has 0 aliphatic carbocycles. The summed E-state index contributed by atoms with van der Waals surface area (Å²) in [5, 5.41) is 0. The number of likely N-dealkylation sites (tertiary alicyclic amines) is 1. The van der Waals surface area contributed by atoms with Gasteiger partial charge in [-0.05, 0) is 18.9 Å². The Hall–Kier alpha value is -1.19. The third kappa shape index (κ3) is 6.84. The number of nitrogens with zero attached hydrogens (tertiary/aromatic N) is 3. The van der Waals surface area contributed by atoms with Gasteiger partial charge in [0.1, 0.15) is 0 Å². The number of pyridine rings is 1. The van der Waals surface area contributed by atoms with Gasteiger partial charge in [0.2, 0.25) is 5.88 Å². The zero-order valence-corrected chi connectivity index (χ0v) is 15.3. The molecular formula is C15H23F2IN4O. The molecule has 1 aliphatic rings. The van der Waals surface area contributed by atoms with E-state index in [4.69, 9.17) is 10.5 Å². The van der Waals surface area contributed by atoms with Crippen molar-refractivity contribution in [3.63, 3.8) is 0 Å². The molecule has 0 saturated carbocycles. The molecule has 0 bridgehead atoms.